The summed E-state index contributed by atoms with van der Waals surface area (Å²) in [6.45, 7) is 1.16. The zero-order valence-electron chi connectivity index (χ0n) is 22.0. The Hall–Kier alpha value is -1.28. The van der Waals surface area contributed by atoms with Crippen molar-refractivity contribution in [3.05, 3.63) is 30.1 Å². The molecule has 1 heterocycles. The minimum Gasteiger partial charge on any atom is -0.395 e. The largest absolute Gasteiger partial charge is 0.395 e. The lowest BCUT2D eigenvalue weighted by molar-refractivity contribution is 0.166. The number of pyridine rings is 1. The minimum atomic E-state index is -3.96. The molecule has 0 radical (unpaired) electrons. The first-order valence-electron chi connectivity index (χ1n) is 12.6. The van der Waals surface area contributed by atoms with Crippen LogP contribution in [0.2, 0.25) is 0 Å². The molecule has 17 heteroatoms. The number of nitrogens with one attached hydrogen (secondary N) is 1. The zero-order chi connectivity index (χ0) is 29.8. The Bertz CT molecular complexity index is 1060. The third-order valence-corrected chi connectivity index (χ3v) is 7.74. The maximum atomic E-state index is 10.4. The summed E-state index contributed by atoms with van der Waals surface area (Å²) in [5.74, 6) is -0.753. The van der Waals surface area contributed by atoms with Gasteiger partial charge >= 0.3 is 0 Å². The molecule has 1 aliphatic rings. The summed E-state index contributed by atoms with van der Waals surface area (Å²) < 4.78 is 87.6. The lowest BCUT2D eigenvalue weighted by atomic mass is 9.95. The molecule has 1 aromatic rings. The number of hydrogen-bond acceptors (Lipinski definition) is 11. The normalized spacial score (nSPS) is 14.7. The van der Waals surface area contributed by atoms with Crippen LogP contribution in [0.3, 0.4) is 0 Å². The molecule has 0 bridgehead atoms. The number of nitrogens with zero attached hydrogens (tertiary/aromatic N) is 2. The summed E-state index contributed by atoms with van der Waals surface area (Å²) in [5, 5.41) is 20.4. The molecule has 0 aromatic carbocycles. The summed E-state index contributed by atoms with van der Waals surface area (Å²) in [5.41, 5.74) is 0.850. The fourth-order valence-corrected chi connectivity index (χ4v) is 5.02. The van der Waals surface area contributed by atoms with Crippen LogP contribution < -0.4 is 5.32 Å². The number of aryl methyl sites for hydroxylation is 1. The summed E-state index contributed by atoms with van der Waals surface area (Å²) in [7, 11) is -11.6. The highest BCUT2D eigenvalue weighted by Gasteiger charge is 2.12. The standard InChI is InChI=1S/C9H19NO3S.C7H9NO3S.C6H15NO5S/c11-14(12,13)8-4-7-10-9-5-2-1-3-6-9;9-12(10,11)6-3-7-1-4-8-5-2-7;8-4-1-7(2-5-9)3-6-13(10,11)12/h9-10H,1-8H2,(H,11,12,13);1-2,4-5H,3,6H2,(H,9,10,11);8-9H,1-6H2,(H,10,11,12). The number of aromatic nitrogens is 1. The van der Waals surface area contributed by atoms with Crippen molar-refractivity contribution in [3.8, 4) is 0 Å². The fourth-order valence-electron chi connectivity index (χ4n) is 3.53. The lowest BCUT2D eigenvalue weighted by Gasteiger charge is -2.22. The molecular weight excluding hydrogens is 578 g/mol. The molecule has 1 fully saturated rings. The highest BCUT2D eigenvalue weighted by atomic mass is 32.2. The van der Waals surface area contributed by atoms with E-state index in [1.54, 1.807) is 29.4 Å². The summed E-state index contributed by atoms with van der Waals surface area (Å²) in [6, 6.07) is 3.99. The minimum absolute atomic E-state index is 0.106. The molecule has 39 heavy (non-hydrogen) atoms. The van der Waals surface area contributed by atoms with Crippen LogP contribution in [0.4, 0.5) is 0 Å². The first-order valence-corrected chi connectivity index (χ1v) is 17.4. The third-order valence-electron chi connectivity index (χ3n) is 5.51. The molecule has 0 saturated heterocycles. The summed E-state index contributed by atoms with van der Waals surface area (Å²) in [4.78, 5) is 5.33. The topological polar surface area (TPSA) is 232 Å². The van der Waals surface area contributed by atoms with Gasteiger partial charge in [-0.05, 0) is 49.9 Å². The van der Waals surface area contributed by atoms with E-state index in [0.29, 0.717) is 25.4 Å². The Morgan fingerprint density at radius 2 is 1.28 bits per heavy atom. The second-order valence-corrected chi connectivity index (χ2v) is 13.6. The maximum absolute atomic E-state index is 10.4. The monoisotopic (exact) mass is 621 g/mol. The van der Waals surface area contributed by atoms with Crippen LogP contribution >= 0.6 is 0 Å². The van der Waals surface area contributed by atoms with Gasteiger partial charge in [0.15, 0.2) is 0 Å². The van der Waals surface area contributed by atoms with Gasteiger partial charge in [-0.2, -0.15) is 25.3 Å². The van der Waals surface area contributed by atoms with E-state index in [1.807, 2.05) is 0 Å². The predicted molar refractivity (Wildman–Crippen MR) is 147 cm³/mol. The van der Waals surface area contributed by atoms with Crippen LogP contribution in [0.25, 0.3) is 0 Å². The zero-order valence-corrected chi connectivity index (χ0v) is 24.5. The smallest absolute Gasteiger partial charge is 0.266 e. The van der Waals surface area contributed by atoms with Gasteiger partial charge in [0.25, 0.3) is 30.4 Å². The van der Waals surface area contributed by atoms with Gasteiger partial charge in [0.05, 0.1) is 30.5 Å². The second kappa shape index (κ2) is 20.6. The van der Waals surface area contributed by atoms with Crippen molar-refractivity contribution in [1.29, 1.82) is 0 Å². The maximum Gasteiger partial charge on any atom is 0.266 e. The highest BCUT2D eigenvalue weighted by Crippen LogP contribution is 2.17. The Kier molecular flexibility index (Phi) is 19.9. The van der Waals surface area contributed by atoms with Crippen LogP contribution in [0.1, 0.15) is 44.1 Å². The molecule has 14 nitrogen and oxygen atoms in total. The van der Waals surface area contributed by atoms with Crippen LogP contribution in [0, 0.1) is 0 Å². The summed E-state index contributed by atoms with van der Waals surface area (Å²) in [6.07, 6.45) is 10.3. The number of hydrogen-bond donors (Lipinski definition) is 6. The quantitative estimate of drug-likeness (QED) is 0.111. The molecule has 230 valence electrons. The van der Waals surface area contributed by atoms with Gasteiger partial charge in [0, 0.05) is 38.1 Å². The van der Waals surface area contributed by atoms with Crippen molar-refractivity contribution in [2.45, 2.75) is 51.0 Å². The van der Waals surface area contributed by atoms with Crippen molar-refractivity contribution in [2.75, 3.05) is 56.7 Å². The SMILES string of the molecule is O=S(=O)(O)CCCNC1CCCCC1.O=S(=O)(O)CCN(CCO)CCO.O=S(=O)(O)CCc1ccncc1. The van der Waals surface area contributed by atoms with E-state index in [4.69, 9.17) is 23.9 Å². The Balaban J connectivity index is 0.000000557. The predicted octanol–water partition coefficient (Wildman–Crippen LogP) is -0.141. The van der Waals surface area contributed by atoms with E-state index < -0.39 is 30.4 Å². The number of aliphatic hydroxyl groups excluding tert-OH is 2. The van der Waals surface area contributed by atoms with E-state index in [1.165, 1.54) is 32.1 Å². The molecular formula is C22H43N3O11S3. The van der Waals surface area contributed by atoms with Gasteiger partial charge in [-0.25, -0.2) is 0 Å². The molecule has 0 atom stereocenters. The first kappa shape index (κ1) is 37.7. The van der Waals surface area contributed by atoms with Crippen molar-refractivity contribution in [1.82, 2.24) is 15.2 Å². The van der Waals surface area contributed by atoms with Crippen LogP contribution in [0.5, 0.6) is 0 Å². The highest BCUT2D eigenvalue weighted by molar-refractivity contribution is 7.86. The molecule has 0 aliphatic heterocycles. The fraction of sp³-hybridized carbons (Fsp3) is 0.773. The van der Waals surface area contributed by atoms with Gasteiger partial charge in [0.2, 0.25) is 0 Å². The van der Waals surface area contributed by atoms with Crippen molar-refractivity contribution in [3.63, 3.8) is 0 Å². The Labute approximate surface area is 232 Å². The lowest BCUT2D eigenvalue weighted by Crippen LogP contribution is -2.34. The number of aliphatic hydroxyl groups is 2. The third kappa shape index (κ3) is 26.7. The van der Waals surface area contributed by atoms with Gasteiger partial charge < -0.3 is 15.5 Å². The van der Waals surface area contributed by atoms with Crippen LogP contribution in [-0.4, -0.2) is 122 Å². The van der Waals surface area contributed by atoms with E-state index in [0.717, 1.165) is 5.56 Å². The Morgan fingerprint density at radius 3 is 1.74 bits per heavy atom. The average molecular weight is 622 g/mol. The van der Waals surface area contributed by atoms with Gasteiger partial charge in [-0.15, -0.1) is 0 Å². The second-order valence-electron chi connectivity index (χ2n) is 8.90. The van der Waals surface area contributed by atoms with Gasteiger partial charge in [-0.3, -0.25) is 23.5 Å². The van der Waals surface area contributed by atoms with Crippen molar-refractivity contribution >= 4 is 30.4 Å². The van der Waals surface area contributed by atoms with Crippen LogP contribution in [-0.2, 0) is 36.8 Å². The molecule has 6 N–H and O–H groups in total. The summed E-state index contributed by atoms with van der Waals surface area (Å²) >= 11 is 0. The van der Waals surface area contributed by atoms with Gasteiger partial charge in [-0.1, -0.05) is 19.3 Å². The van der Waals surface area contributed by atoms with Crippen LogP contribution in [0.15, 0.2) is 24.5 Å². The van der Waals surface area contributed by atoms with Crippen molar-refractivity contribution < 1.29 is 49.1 Å². The molecule has 0 spiro atoms. The molecule has 0 amide bonds. The molecule has 1 aliphatic carbocycles. The first-order chi connectivity index (χ1) is 18.1. The van der Waals surface area contributed by atoms with Crippen molar-refractivity contribution in [2.24, 2.45) is 0 Å². The number of rotatable bonds is 15. The van der Waals surface area contributed by atoms with Gasteiger partial charge in [0.1, 0.15) is 0 Å². The van der Waals surface area contributed by atoms with E-state index in [-0.39, 0.29) is 50.1 Å². The molecule has 1 saturated carbocycles. The Morgan fingerprint density at radius 1 is 0.769 bits per heavy atom. The average Bonchev–Trinajstić information content (AvgIpc) is 2.85. The van der Waals surface area contributed by atoms with E-state index in [2.05, 4.69) is 10.3 Å². The molecule has 2 rings (SSSR count). The van der Waals surface area contributed by atoms with E-state index >= 15 is 0 Å². The van der Waals surface area contributed by atoms with E-state index in [9.17, 15) is 25.3 Å². The molecule has 1 aromatic heterocycles. The molecule has 0 unspecified atom stereocenters.